The van der Waals surface area contributed by atoms with E-state index in [-0.39, 0.29) is 5.41 Å². The summed E-state index contributed by atoms with van der Waals surface area (Å²) in [6.07, 6.45) is 3.32. The van der Waals surface area contributed by atoms with Gasteiger partial charge in [0.2, 0.25) is 0 Å². The van der Waals surface area contributed by atoms with E-state index in [4.69, 9.17) is 9.47 Å². The van der Waals surface area contributed by atoms with Crippen LogP contribution < -0.4 is 4.74 Å². The minimum absolute atomic E-state index is 0.0772. The molecule has 0 fully saturated rings. The molecule has 0 heterocycles. The van der Waals surface area contributed by atoms with E-state index in [0.29, 0.717) is 13.2 Å². The number of benzene rings is 1. The summed E-state index contributed by atoms with van der Waals surface area (Å²) in [7, 11) is 0. The maximum Gasteiger partial charge on any atom is 0.128 e. The molecule has 0 saturated carbocycles. The zero-order valence-corrected chi connectivity index (χ0v) is 14.7. The Bertz CT molecular complexity index is 430. The van der Waals surface area contributed by atoms with Gasteiger partial charge in [0.25, 0.3) is 0 Å². The van der Waals surface area contributed by atoms with Crippen molar-refractivity contribution < 1.29 is 9.47 Å². The van der Waals surface area contributed by atoms with Crippen molar-refractivity contribution in [3.05, 3.63) is 28.8 Å². The number of unbranched alkanes of at least 4 members (excludes halogenated alkanes) is 1. The Hall–Kier alpha value is -1.02. The maximum atomic E-state index is 5.97. The average molecular weight is 292 g/mol. The lowest BCUT2D eigenvalue weighted by atomic mass is 9.83. The first-order chi connectivity index (χ1) is 9.93. The summed E-state index contributed by atoms with van der Waals surface area (Å²) in [5.74, 6) is 1.03. The molecule has 1 rings (SSSR count). The lowest BCUT2D eigenvalue weighted by molar-refractivity contribution is 0.115. The second-order valence-electron chi connectivity index (χ2n) is 6.57. The van der Waals surface area contributed by atoms with E-state index in [9.17, 15) is 0 Å². The van der Waals surface area contributed by atoms with E-state index in [2.05, 4.69) is 46.8 Å². The van der Waals surface area contributed by atoms with Gasteiger partial charge in [-0.1, -0.05) is 47.1 Å². The predicted octanol–water partition coefficient (Wildman–Crippen LogP) is 5.26. The molecule has 0 bridgehead atoms. The van der Waals surface area contributed by atoms with Gasteiger partial charge in [-0.05, 0) is 36.8 Å². The van der Waals surface area contributed by atoms with Gasteiger partial charge in [0.05, 0.1) is 13.2 Å². The first-order valence-corrected chi connectivity index (χ1v) is 8.30. The van der Waals surface area contributed by atoms with E-state index >= 15 is 0 Å². The number of rotatable bonds is 8. The molecule has 0 aromatic heterocycles. The summed E-state index contributed by atoms with van der Waals surface area (Å²) in [6.45, 7) is 15.3. The molecule has 2 nitrogen and oxygen atoms in total. The van der Waals surface area contributed by atoms with E-state index in [1.807, 2.05) is 6.92 Å². The summed E-state index contributed by atoms with van der Waals surface area (Å²) in [4.78, 5) is 0. The topological polar surface area (TPSA) is 18.5 Å². The Kier molecular flexibility index (Phi) is 7.24. The third-order valence-electron chi connectivity index (χ3n) is 3.63. The van der Waals surface area contributed by atoms with Gasteiger partial charge in [-0.2, -0.15) is 0 Å². The van der Waals surface area contributed by atoms with Gasteiger partial charge in [0.15, 0.2) is 0 Å². The highest BCUT2D eigenvalue weighted by Crippen LogP contribution is 2.36. The van der Waals surface area contributed by atoms with Gasteiger partial charge in [0, 0.05) is 17.7 Å². The van der Waals surface area contributed by atoms with E-state index in [1.54, 1.807) is 0 Å². The van der Waals surface area contributed by atoms with Crippen molar-refractivity contribution in [3.63, 3.8) is 0 Å². The summed E-state index contributed by atoms with van der Waals surface area (Å²) in [5.41, 5.74) is 3.92. The number of hydrogen-bond acceptors (Lipinski definition) is 2. The Labute approximate surface area is 130 Å². The van der Waals surface area contributed by atoms with Crippen molar-refractivity contribution in [2.75, 3.05) is 13.2 Å². The molecule has 2 heteroatoms. The van der Waals surface area contributed by atoms with Crippen LogP contribution in [0.3, 0.4) is 0 Å². The summed E-state index contributed by atoms with van der Waals surface area (Å²) < 4.78 is 11.8. The third-order valence-corrected chi connectivity index (χ3v) is 3.63. The summed E-state index contributed by atoms with van der Waals surface area (Å²) in [6, 6.07) is 4.53. The Balaban J connectivity index is 3.12. The van der Waals surface area contributed by atoms with Gasteiger partial charge in [0.1, 0.15) is 5.75 Å². The fourth-order valence-corrected chi connectivity index (χ4v) is 2.37. The van der Waals surface area contributed by atoms with Crippen molar-refractivity contribution in [1.29, 1.82) is 0 Å². The molecule has 0 radical (unpaired) electrons. The van der Waals surface area contributed by atoms with Gasteiger partial charge in [-0.3, -0.25) is 0 Å². The second kappa shape index (κ2) is 8.43. The Morgan fingerprint density at radius 3 is 2.29 bits per heavy atom. The van der Waals surface area contributed by atoms with Crippen LogP contribution >= 0.6 is 0 Å². The fraction of sp³-hybridized carbons (Fsp3) is 0.684. The molecule has 1 aromatic rings. The van der Waals surface area contributed by atoms with Crippen LogP contribution in [0.2, 0.25) is 0 Å². The quantitative estimate of drug-likeness (QED) is 0.608. The zero-order chi connectivity index (χ0) is 15.9. The van der Waals surface area contributed by atoms with E-state index in [1.165, 1.54) is 23.1 Å². The minimum Gasteiger partial charge on any atom is -0.493 e. The fourth-order valence-electron chi connectivity index (χ4n) is 2.37. The molecular formula is C19H32O2. The van der Waals surface area contributed by atoms with Crippen LogP contribution in [-0.4, -0.2) is 13.2 Å². The number of aryl methyl sites for hydroxylation is 1. The van der Waals surface area contributed by atoms with Crippen LogP contribution in [0.4, 0.5) is 0 Å². The molecule has 0 N–H and O–H groups in total. The first kappa shape index (κ1) is 18.0. The van der Waals surface area contributed by atoms with Crippen LogP contribution in [0, 0.1) is 0 Å². The van der Waals surface area contributed by atoms with Crippen LogP contribution in [-0.2, 0) is 23.2 Å². The Morgan fingerprint density at radius 2 is 1.76 bits per heavy atom. The average Bonchev–Trinajstić information content (AvgIpc) is 2.43. The van der Waals surface area contributed by atoms with Gasteiger partial charge in [-0.15, -0.1) is 0 Å². The summed E-state index contributed by atoms with van der Waals surface area (Å²) in [5, 5.41) is 0. The molecule has 120 valence electrons. The lowest BCUT2D eigenvalue weighted by Gasteiger charge is -2.26. The normalized spacial score (nSPS) is 11.7. The number of hydrogen-bond donors (Lipinski definition) is 0. The maximum absolute atomic E-state index is 5.97. The van der Waals surface area contributed by atoms with Crippen molar-refractivity contribution in [2.24, 2.45) is 0 Å². The molecule has 0 aliphatic rings. The molecule has 0 atom stereocenters. The molecule has 0 aliphatic carbocycles. The van der Waals surface area contributed by atoms with Gasteiger partial charge < -0.3 is 9.47 Å². The highest BCUT2D eigenvalue weighted by Gasteiger charge is 2.22. The number of ether oxygens (including phenoxy) is 2. The largest absolute Gasteiger partial charge is 0.493 e. The molecule has 0 spiro atoms. The van der Waals surface area contributed by atoms with Crippen LogP contribution in [0.15, 0.2) is 12.1 Å². The van der Waals surface area contributed by atoms with E-state index in [0.717, 1.165) is 25.2 Å². The van der Waals surface area contributed by atoms with Crippen molar-refractivity contribution in [1.82, 2.24) is 0 Å². The predicted molar refractivity (Wildman–Crippen MR) is 90.3 cm³/mol. The summed E-state index contributed by atoms with van der Waals surface area (Å²) >= 11 is 0. The van der Waals surface area contributed by atoms with Crippen LogP contribution in [0.25, 0.3) is 0 Å². The second-order valence-corrected chi connectivity index (χ2v) is 6.57. The zero-order valence-electron chi connectivity index (χ0n) is 14.7. The molecule has 0 aliphatic heterocycles. The molecule has 1 aromatic carbocycles. The highest BCUT2D eigenvalue weighted by atomic mass is 16.5. The van der Waals surface area contributed by atoms with Crippen molar-refractivity contribution in [3.8, 4) is 5.75 Å². The SMILES string of the molecule is CCCCOCc1cc(CC)cc(C(C)(C)C)c1OCC. The van der Waals surface area contributed by atoms with E-state index < -0.39 is 0 Å². The molecule has 0 amide bonds. The van der Waals surface area contributed by atoms with Crippen LogP contribution in [0.5, 0.6) is 5.75 Å². The monoisotopic (exact) mass is 292 g/mol. The standard InChI is InChI=1S/C19H32O2/c1-7-10-11-20-14-16-12-15(8-2)13-17(19(4,5)6)18(16)21-9-3/h12-13H,7-11,14H2,1-6H3. The third kappa shape index (κ3) is 5.35. The highest BCUT2D eigenvalue weighted by molar-refractivity contribution is 5.48. The first-order valence-electron chi connectivity index (χ1n) is 8.30. The van der Waals surface area contributed by atoms with Gasteiger partial charge >= 0.3 is 0 Å². The smallest absolute Gasteiger partial charge is 0.128 e. The van der Waals surface area contributed by atoms with Crippen molar-refractivity contribution >= 4 is 0 Å². The Morgan fingerprint density at radius 1 is 1.05 bits per heavy atom. The van der Waals surface area contributed by atoms with Crippen molar-refractivity contribution in [2.45, 2.75) is 72.8 Å². The minimum atomic E-state index is 0.0772. The molecule has 0 saturated heterocycles. The molecule has 21 heavy (non-hydrogen) atoms. The molecule has 0 unspecified atom stereocenters. The molecular weight excluding hydrogens is 260 g/mol. The van der Waals surface area contributed by atoms with Crippen LogP contribution in [0.1, 0.15) is 71.1 Å². The van der Waals surface area contributed by atoms with Gasteiger partial charge in [-0.25, -0.2) is 0 Å². The lowest BCUT2D eigenvalue weighted by Crippen LogP contribution is -2.16.